The Hall–Kier alpha value is -1.10. The normalized spacial score (nSPS) is 26.5. The number of amides is 1. The first-order valence-electron chi connectivity index (χ1n) is 6.70. The molecular weight excluding hydrogens is 234 g/mol. The van der Waals surface area contributed by atoms with Gasteiger partial charge in [0, 0.05) is 25.6 Å². The summed E-state index contributed by atoms with van der Waals surface area (Å²) in [7, 11) is 0. The Morgan fingerprint density at radius 3 is 2.67 bits per heavy atom. The molecule has 5 heteroatoms. The van der Waals surface area contributed by atoms with Gasteiger partial charge < -0.3 is 14.7 Å². The number of carbonyl (C=O) groups excluding carboxylic acids is 1. The zero-order valence-corrected chi connectivity index (χ0v) is 10.8. The smallest absolute Gasteiger partial charge is 0.306 e. The van der Waals surface area contributed by atoms with Crippen LogP contribution in [0.2, 0.25) is 0 Å². The van der Waals surface area contributed by atoms with Crippen LogP contribution in [0.1, 0.15) is 32.6 Å². The molecule has 5 nitrogen and oxygen atoms in total. The molecule has 0 aromatic rings. The maximum atomic E-state index is 11.9. The molecule has 0 saturated carbocycles. The van der Waals surface area contributed by atoms with Crippen molar-refractivity contribution < 1.29 is 19.4 Å². The van der Waals surface area contributed by atoms with Gasteiger partial charge in [0.25, 0.3) is 0 Å². The molecule has 2 aliphatic heterocycles. The SMILES string of the molecule is CC(C(=O)O)C1CN(C(=O)CC2CCCCO2)C1. The molecule has 2 saturated heterocycles. The standard InChI is InChI=1S/C13H21NO4/c1-9(13(16)17)10-7-14(8-10)12(15)6-11-4-2-3-5-18-11/h9-11H,2-8H2,1H3,(H,16,17). The summed E-state index contributed by atoms with van der Waals surface area (Å²) in [6.07, 6.45) is 3.72. The van der Waals surface area contributed by atoms with Crippen LogP contribution in [-0.4, -0.2) is 47.7 Å². The highest BCUT2D eigenvalue weighted by molar-refractivity contribution is 5.78. The molecule has 2 rings (SSSR count). The van der Waals surface area contributed by atoms with E-state index in [0.29, 0.717) is 19.5 Å². The Morgan fingerprint density at radius 1 is 1.39 bits per heavy atom. The molecule has 2 unspecified atom stereocenters. The Morgan fingerprint density at radius 2 is 2.11 bits per heavy atom. The molecular formula is C13H21NO4. The maximum Gasteiger partial charge on any atom is 0.306 e. The fourth-order valence-electron chi connectivity index (χ4n) is 2.53. The Bertz CT molecular complexity index is 319. The van der Waals surface area contributed by atoms with Crippen LogP contribution in [0.5, 0.6) is 0 Å². The van der Waals surface area contributed by atoms with Gasteiger partial charge in [-0.05, 0) is 19.3 Å². The Balaban J connectivity index is 1.71. The van der Waals surface area contributed by atoms with E-state index in [1.807, 2.05) is 0 Å². The number of ether oxygens (including phenoxy) is 1. The van der Waals surface area contributed by atoms with Crippen molar-refractivity contribution in [3.8, 4) is 0 Å². The molecule has 0 aliphatic carbocycles. The first-order chi connectivity index (χ1) is 8.58. The average molecular weight is 255 g/mol. The Kier molecular flexibility index (Phi) is 4.22. The number of hydrogen-bond acceptors (Lipinski definition) is 3. The highest BCUT2D eigenvalue weighted by Crippen LogP contribution is 2.26. The average Bonchev–Trinajstić information content (AvgIpc) is 2.28. The summed E-state index contributed by atoms with van der Waals surface area (Å²) in [5, 5.41) is 8.88. The van der Waals surface area contributed by atoms with Crippen molar-refractivity contribution in [2.24, 2.45) is 11.8 Å². The van der Waals surface area contributed by atoms with E-state index < -0.39 is 5.97 Å². The van der Waals surface area contributed by atoms with Crippen molar-refractivity contribution in [2.75, 3.05) is 19.7 Å². The van der Waals surface area contributed by atoms with Crippen LogP contribution < -0.4 is 0 Å². The summed E-state index contributed by atoms with van der Waals surface area (Å²) in [5.74, 6) is -0.919. The molecule has 18 heavy (non-hydrogen) atoms. The summed E-state index contributed by atoms with van der Waals surface area (Å²) < 4.78 is 5.54. The molecule has 2 fully saturated rings. The lowest BCUT2D eigenvalue weighted by atomic mass is 9.86. The maximum absolute atomic E-state index is 11.9. The number of carboxylic acids is 1. The van der Waals surface area contributed by atoms with E-state index in [-0.39, 0.29) is 23.8 Å². The quantitative estimate of drug-likeness (QED) is 0.817. The minimum atomic E-state index is -0.775. The number of carbonyl (C=O) groups is 2. The molecule has 102 valence electrons. The predicted molar refractivity (Wildman–Crippen MR) is 65.1 cm³/mol. The van der Waals surface area contributed by atoms with Crippen LogP contribution >= 0.6 is 0 Å². The zero-order valence-electron chi connectivity index (χ0n) is 10.8. The molecule has 0 radical (unpaired) electrons. The Labute approximate surface area is 107 Å². The lowest BCUT2D eigenvalue weighted by Gasteiger charge is -2.42. The van der Waals surface area contributed by atoms with Crippen molar-refractivity contribution in [2.45, 2.75) is 38.7 Å². The highest BCUT2D eigenvalue weighted by Gasteiger charge is 2.37. The fraction of sp³-hybridized carbons (Fsp3) is 0.846. The van der Waals surface area contributed by atoms with Gasteiger partial charge in [0.2, 0.25) is 5.91 Å². The first kappa shape index (κ1) is 13.3. The predicted octanol–water partition coefficient (Wildman–Crippen LogP) is 1.12. The van der Waals surface area contributed by atoms with Crippen LogP contribution in [0.3, 0.4) is 0 Å². The highest BCUT2D eigenvalue weighted by atomic mass is 16.5. The largest absolute Gasteiger partial charge is 0.481 e. The second kappa shape index (κ2) is 5.69. The van der Waals surface area contributed by atoms with Crippen LogP contribution in [-0.2, 0) is 14.3 Å². The van der Waals surface area contributed by atoms with Crippen LogP contribution in [0, 0.1) is 11.8 Å². The van der Waals surface area contributed by atoms with E-state index in [0.717, 1.165) is 25.9 Å². The number of rotatable bonds is 4. The molecule has 2 aliphatic rings. The van der Waals surface area contributed by atoms with Crippen LogP contribution in [0.4, 0.5) is 0 Å². The molecule has 1 amide bonds. The first-order valence-corrected chi connectivity index (χ1v) is 6.70. The minimum absolute atomic E-state index is 0.0715. The third-order valence-electron chi connectivity index (χ3n) is 4.04. The van der Waals surface area contributed by atoms with E-state index in [2.05, 4.69) is 0 Å². The van der Waals surface area contributed by atoms with Gasteiger partial charge in [-0.1, -0.05) is 6.92 Å². The summed E-state index contributed by atoms with van der Waals surface area (Å²) in [6, 6.07) is 0. The van der Waals surface area contributed by atoms with Crippen LogP contribution in [0.25, 0.3) is 0 Å². The van der Waals surface area contributed by atoms with E-state index in [1.54, 1.807) is 11.8 Å². The van der Waals surface area contributed by atoms with Gasteiger partial charge in [-0.3, -0.25) is 9.59 Å². The van der Waals surface area contributed by atoms with Crippen molar-refractivity contribution in [3.63, 3.8) is 0 Å². The number of likely N-dealkylation sites (tertiary alicyclic amines) is 1. The number of carboxylic acid groups (broad SMARTS) is 1. The van der Waals surface area contributed by atoms with Crippen molar-refractivity contribution in [1.82, 2.24) is 4.90 Å². The van der Waals surface area contributed by atoms with E-state index in [4.69, 9.17) is 9.84 Å². The number of aliphatic carboxylic acids is 1. The molecule has 0 aromatic heterocycles. The van der Waals surface area contributed by atoms with Gasteiger partial charge in [0.05, 0.1) is 18.4 Å². The molecule has 0 bridgehead atoms. The monoisotopic (exact) mass is 255 g/mol. The third-order valence-corrected chi connectivity index (χ3v) is 4.04. The number of nitrogens with zero attached hydrogens (tertiary/aromatic N) is 1. The van der Waals surface area contributed by atoms with Gasteiger partial charge in [0.1, 0.15) is 0 Å². The minimum Gasteiger partial charge on any atom is -0.481 e. The van der Waals surface area contributed by atoms with E-state index in [1.165, 1.54) is 0 Å². The van der Waals surface area contributed by atoms with Gasteiger partial charge in [-0.2, -0.15) is 0 Å². The number of hydrogen-bond donors (Lipinski definition) is 1. The van der Waals surface area contributed by atoms with Gasteiger partial charge in [-0.15, -0.1) is 0 Å². The van der Waals surface area contributed by atoms with Crippen molar-refractivity contribution in [1.29, 1.82) is 0 Å². The summed E-state index contributed by atoms with van der Waals surface area (Å²) in [5.41, 5.74) is 0. The topological polar surface area (TPSA) is 66.8 Å². The van der Waals surface area contributed by atoms with Gasteiger partial charge in [-0.25, -0.2) is 0 Å². The van der Waals surface area contributed by atoms with Gasteiger partial charge in [0.15, 0.2) is 0 Å². The summed E-state index contributed by atoms with van der Waals surface area (Å²) >= 11 is 0. The molecule has 1 N–H and O–H groups in total. The second-order valence-corrected chi connectivity index (χ2v) is 5.38. The molecule has 0 aromatic carbocycles. The molecule has 2 heterocycles. The zero-order chi connectivity index (χ0) is 13.1. The lowest BCUT2D eigenvalue weighted by molar-refractivity contribution is -0.152. The lowest BCUT2D eigenvalue weighted by Crippen LogP contribution is -2.54. The summed E-state index contributed by atoms with van der Waals surface area (Å²) in [6.45, 7) is 3.63. The fourth-order valence-corrected chi connectivity index (χ4v) is 2.53. The van der Waals surface area contributed by atoms with Gasteiger partial charge >= 0.3 is 5.97 Å². The summed E-state index contributed by atoms with van der Waals surface area (Å²) in [4.78, 5) is 24.5. The third kappa shape index (κ3) is 3.02. The second-order valence-electron chi connectivity index (χ2n) is 5.38. The van der Waals surface area contributed by atoms with E-state index >= 15 is 0 Å². The molecule has 0 spiro atoms. The van der Waals surface area contributed by atoms with Crippen molar-refractivity contribution >= 4 is 11.9 Å². The molecule has 2 atom stereocenters. The van der Waals surface area contributed by atoms with Crippen molar-refractivity contribution in [3.05, 3.63) is 0 Å². The van der Waals surface area contributed by atoms with Crippen LogP contribution in [0.15, 0.2) is 0 Å². The van der Waals surface area contributed by atoms with E-state index in [9.17, 15) is 9.59 Å².